The SMILES string of the molecule is Cl.O=C(COc1ccccc1CNCC1CNCC1O)N1CCCC1. The molecule has 7 heteroatoms. The number of aliphatic hydroxyl groups excluding tert-OH is 1. The van der Waals surface area contributed by atoms with Crippen molar-refractivity contribution in [2.45, 2.75) is 25.5 Å². The minimum Gasteiger partial charge on any atom is -0.483 e. The number of nitrogens with one attached hydrogen (secondary N) is 2. The Morgan fingerprint density at radius 1 is 1.28 bits per heavy atom. The lowest BCUT2D eigenvalue weighted by Crippen LogP contribution is -2.32. The van der Waals surface area contributed by atoms with Gasteiger partial charge in [0, 0.05) is 50.7 Å². The van der Waals surface area contributed by atoms with E-state index in [1.54, 1.807) is 0 Å². The lowest BCUT2D eigenvalue weighted by molar-refractivity contribution is -0.132. The Hall–Kier alpha value is -1.34. The number of β-amino-alcohol motifs (C(OH)–C–C–N with tert-alkyl or cyclic N) is 1. The third kappa shape index (κ3) is 5.57. The van der Waals surface area contributed by atoms with Gasteiger partial charge in [0.15, 0.2) is 6.61 Å². The molecule has 1 aromatic rings. The fourth-order valence-corrected chi connectivity index (χ4v) is 3.31. The number of hydrogen-bond acceptors (Lipinski definition) is 5. The van der Waals surface area contributed by atoms with Crippen molar-refractivity contribution >= 4 is 18.3 Å². The zero-order valence-corrected chi connectivity index (χ0v) is 15.3. The second-order valence-corrected chi connectivity index (χ2v) is 6.60. The average molecular weight is 370 g/mol. The summed E-state index contributed by atoms with van der Waals surface area (Å²) in [6.07, 6.45) is 1.91. The third-order valence-corrected chi connectivity index (χ3v) is 4.81. The molecule has 0 aromatic heterocycles. The summed E-state index contributed by atoms with van der Waals surface area (Å²) in [4.78, 5) is 14.0. The summed E-state index contributed by atoms with van der Waals surface area (Å²) >= 11 is 0. The molecule has 6 nitrogen and oxygen atoms in total. The maximum absolute atomic E-state index is 12.1. The van der Waals surface area contributed by atoms with Crippen LogP contribution in [-0.2, 0) is 11.3 Å². The van der Waals surface area contributed by atoms with Gasteiger partial charge in [-0.1, -0.05) is 18.2 Å². The molecule has 2 saturated heterocycles. The van der Waals surface area contributed by atoms with Crippen LogP contribution in [0.4, 0.5) is 0 Å². The number of ether oxygens (including phenoxy) is 1. The number of halogens is 1. The highest BCUT2D eigenvalue weighted by molar-refractivity contribution is 5.85. The molecule has 0 bridgehead atoms. The maximum atomic E-state index is 12.1. The average Bonchev–Trinajstić information content (AvgIpc) is 3.26. The number of nitrogens with zero attached hydrogens (tertiary/aromatic N) is 1. The number of carbonyl (C=O) groups is 1. The van der Waals surface area contributed by atoms with Crippen molar-refractivity contribution in [3.63, 3.8) is 0 Å². The standard InChI is InChI=1S/C18H27N3O3.ClH/c22-16-12-20-11-15(16)10-19-9-14-5-1-2-6-17(14)24-13-18(23)21-7-3-4-8-21;/h1-2,5-6,15-16,19-20,22H,3-4,7-13H2;1H. The number of hydrogen-bond donors (Lipinski definition) is 3. The van der Waals surface area contributed by atoms with E-state index in [4.69, 9.17) is 4.74 Å². The third-order valence-electron chi connectivity index (χ3n) is 4.81. The summed E-state index contributed by atoms with van der Waals surface area (Å²) in [5, 5.41) is 16.4. The lowest BCUT2D eigenvalue weighted by atomic mass is 10.1. The van der Waals surface area contributed by atoms with Gasteiger partial charge in [-0.3, -0.25) is 4.79 Å². The number of aliphatic hydroxyl groups is 1. The van der Waals surface area contributed by atoms with Gasteiger partial charge in [-0.15, -0.1) is 12.4 Å². The molecule has 0 saturated carbocycles. The maximum Gasteiger partial charge on any atom is 0.260 e. The second-order valence-electron chi connectivity index (χ2n) is 6.60. The van der Waals surface area contributed by atoms with Gasteiger partial charge in [0.2, 0.25) is 0 Å². The van der Waals surface area contributed by atoms with Gasteiger partial charge < -0.3 is 25.4 Å². The Bertz CT molecular complexity index is 552. The first kappa shape index (κ1) is 20.0. The second kappa shape index (κ2) is 9.97. The van der Waals surface area contributed by atoms with Gasteiger partial charge >= 0.3 is 0 Å². The van der Waals surface area contributed by atoms with Crippen LogP contribution in [0, 0.1) is 5.92 Å². The van der Waals surface area contributed by atoms with E-state index in [9.17, 15) is 9.90 Å². The zero-order chi connectivity index (χ0) is 16.8. The molecule has 25 heavy (non-hydrogen) atoms. The van der Waals surface area contributed by atoms with E-state index in [0.717, 1.165) is 50.3 Å². The molecule has 0 radical (unpaired) electrons. The largest absolute Gasteiger partial charge is 0.483 e. The molecular formula is C18H28ClN3O3. The number of rotatable bonds is 7. The molecule has 2 aliphatic heterocycles. The van der Waals surface area contributed by atoms with Crippen LogP contribution in [0.5, 0.6) is 5.75 Å². The molecule has 1 aromatic carbocycles. The summed E-state index contributed by atoms with van der Waals surface area (Å²) in [6, 6.07) is 7.80. The number of benzene rings is 1. The number of likely N-dealkylation sites (tertiary alicyclic amines) is 1. The Labute approximate surface area is 155 Å². The molecule has 2 fully saturated rings. The van der Waals surface area contributed by atoms with Gasteiger partial charge in [-0.2, -0.15) is 0 Å². The highest BCUT2D eigenvalue weighted by Crippen LogP contribution is 2.18. The van der Waals surface area contributed by atoms with E-state index < -0.39 is 0 Å². The molecule has 2 unspecified atom stereocenters. The fraction of sp³-hybridized carbons (Fsp3) is 0.611. The van der Waals surface area contributed by atoms with Crippen molar-refractivity contribution < 1.29 is 14.6 Å². The van der Waals surface area contributed by atoms with Crippen LogP contribution < -0.4 is 15.4 Å². The summed E-state index contributed by atoms with van der Waals surface area (Å²) in [5.41, 5.74) is 1.03. The monoisotopic (exact) mass is 369 g/mol. The van der Waals surface area contributed by atoms with E-state index >= 15 is 0 Å². The van der Waals surface area contributed by atoms with Crippen LogP contribution in [0.15, 0.2) is 24.3 Å². The van der Waals surface area contributed by atoms with Crippen molar-refractivity contribution in [3.05, 3.63) is 29.8 Å². The summed E-state index contributed by atoms with van der Waals surface area (Å²) < 4.78 is 5.76. The van der Waals surface area contributed by atoms with Crippen molar-refractivity contribution in [1.29, 1.82) is 0 Å². The van der Waals surface area contributed by atoms with Crippen LogP contribution in [0.1, 0.15) is 18.4 Å². The van der Waals surface area contributed by atoms with Crippen LogP contribution in [0.25, 0.3) is 0 Å². The van der Waals surface area contributed by atoms with E-state index in [1.165, 1.54) is 0 Å². The first-order chi connectivity index (χ1) is 11.7. The Morgan fingerprint density at radius 2 is 2.04 bits per heavy atom. The van der Waals surface area contributed by atoms with Gasteiger partial charge in [0.05, 0.1) is 6.10 Å². The predicted molar refractivity (Wildman–Crippen MR) is 99.1 cm³/mol. The summed E-state index contributed by atoms with van der Waals surface area (Å²) in [6.45, 7) is 4.74. The normalized spacial score (nSPS) is 22.7. The smallest absolute Gasteiger partial charge is 0.260 e. The molecule has 140 valence electrons. The molecule has 3 N–H and O–H groups in total. The quantitative estimate of drug-likeness (QED) is 0.662. The van der Waals surface area contributed by atoms with Gasteiger partial charge in [0.25, 0.3) is 5.91 Å². The molecule has 0 spiro atoms. The fourth-order valence-electron chi connectivity index (χ4n) is 3.31. The summed E-state index contributed by atoms with van der Waals surface area (Å²) in [5.74, 6) is 1.06. The van der Waals surface area contributed by atoms with E-state index in [1.807, 2.05) is 29.2 Å². The minimum absolute atomic E-state index is 0. The van der Waals surface area contributed by atoms with Crippen LogP contribution in [0.3, 0.4) is 0 Å². The molecular weight excluding hydrogens is 342 g/mol. The van der Waals surface area contributed by atoms with Gasteiger partial charge in [0.1, 0.15) is 5.75 Å². The van der Waals surface area contributed by atoms with Crippen LogP contribution in [-0.4, -0.2) is 61.3 Å². The topological polar surface area (TPSA) is 73.8 Å². The van der Waals surface area contributed by atoms with E-state index in [0.29, 0.717) is 13.1 Å². The van der Waals surface area contributed by atoms with Crippen molar-refractivity contribution in [1.82, 2.24) is 15.5 Å². The number of para-hydroxylation sites is 1. The van der Waals surface area contributed by atoms with Gasteiger partial charge in [-0.05, 0) is 18.9 Å². The lowest BCUT2D eigenvalue weighted by Gasteiger charge is -2.18. The van der Waals surface area contributed by atoms with E-state index in [2.05, 4.69) is 10.6 Å². The number of carbonyl (C=O) groups excluding carboxylic acids is 1. The Balaban J connectivity index is 0.00000225. The number of amides is 1. The molecule has 3 rings (SSSR count). The van der Waals surface area contributed by atoms with Gasteiger partial charge in [-0.25, -0.2) is 0 Å². The predicted octanol–water partition coefficient (Wildman–Crippen LogP) is 0.779. The zero-order valence-electron chi connectivity index (χ0n) is 14.4. The van der Waals surface area contributed by atoms with Crippen LogP contribution >= 0.6 is 12.4 Å². The van der Waals surface area contributed by atoms with Crippen molar-refractivity contribution in [2.24, 2.45) is 5.92 Å². The highest BCUT2D eigenvalue weighted by atomic mass is 35.5. The van der Waals surface area contributed by atoms with Crippen molar-refractivity contribution in [2.75, 3.05) is 39.3 Å². The minimum atomic E-state index is -0.276. The first-order valence-electron chi connectivity index (χ1n) is 8.82. The molecule has 2 aliphatic rings. The Morgan fingerprint density at radius 3 is 2.76 bits per heavy atom. The molecule has 1 amide bonds. The molecule has 2 heterocycles. The molecule has 2 atom stereocenters. The highest BCUT2D eigenvalue weighted by Gasteiger charge is 2.24. The molecule has 0 aliphatic carbocycles. The Kier molecular flexibility index (Phi) is 7.96. The van der Waals surface area contributed by atoms with Crippen LogP contribution in [0.2, 0.25) is 0 Å². The van der Waals surface area contributed by atoms with E-state index in [-0.39, 0.29) is 36.9 Å². The van der Waals surface area contributed by atoms with Crippen molar-refractivity contribution in [3.8, 4) is 5.75 Å². The first-order valence-corrected chi connectivity index (χ1v) is 8.82. The summed E-state index contributed by atoms with van der Waals surface area (Å²) in [7, 11) is 0.